The number of carbonyl (C=O) groups is 1. The lowest BCUT2D eigenvalue weighted by atomic mass is 9.98. The second-order valence-electron chi connectivity index (χ2n) is 8.70. The summed E-state index contributed by atoms with van der Waals surface area (Å²) < 4.78 is 7.01. The topological polar surface area (TPSA) is 55.3 Å². The Morgan fingerprint density at radius 1 is 1.26 bits per heavy atom. The van der Waals surface area contributed by atoms with Crippen molar-refractivity contribution in [2.45, 2.75) is 95.0 Å². The Labute approximate surface area is 168 Å². The quantitative estimate of drug-likeness (QED) is 0.500. The second-order valence-corrected chi connectivity index (χ2v) is 13.7. The predicted molar refractivity (Wildman–Crippen MR) is 110 cm³/mol. The zero-order valence-corrected chi connectivity index (χ0v) is 18.6. The summed E-state index contributed by atoms with van der Waals surface area (Å²) in [4.78, 5) is 24.1. The molecule has 5 nitrogen and oxygen atoms in total. The highest BCUT2D eigenvalue weighted by molar-refractivity contribution is 6.73. The third-order valence-electron chi connectivity index (χ3n) is 7.41. The molecule has 148 valence electrons. The molecule has 1 aromatic heterocycles. The first-order valence-electron chi connectivity index (χ1n) is 10.4. The minimum Gasteiger partial charge on any atom is -0.410 e. The van der Waals surface area contributed by atoms with Gasteiger partial charge in [0.1, 0.15) is 5.82 Å². The maximum atomic E-state index is 13.5. The van der Waals surface area contributed by atoms with E-state index in [2.05, 4.69) is 37.7 Å². The summed E-state index contributed by atoms with van der Waals surface area (Å²) >= 11 is 6.12. The second kappa shape index (κ2) is 6.53. The first-order chi connectivity index (χ1) is 12.8. The summed E-state index contributed by atoms with van der Waals surface area (Å²) in [6, 6.07) is 3.38. The Bertz CT molecular complexity index is 757. The Morgan fingerprint density at radius 3 is 2.52 bits per heavy atom. The van der Waals surface area contributed by atoms with Crippen LogP contribution < -0.4 is 4.90 Å². The van der Waals surface area contributed by atoms with Gasteiger partial charge in [0.15, 0.2) is 8.32 Å². The molecule has 2 atom stereocenters. The average molecular weight is 408 g/mol. The Kier molecular flexibility index (Phi) is 4.68. The Morgan fingerprint density at radius 2 is 1.93 bits per heavy atom. The lowest BCUT2D eigenvalue weighted by Crippen LogP contribution is -2.56. The molecule has 2 saturated carbocycles. The highest BCUT2D eigenvalue weighted by Gasteiger charge is 2.63. The van der Waals surface area contributed by atoms with Crippen molar-refractivity contribution in [3.05, 3.63) is 17.0 Å². The van der Waals surface area contributed by atoms with Crippen molar-refractivity contribution in [3.8, 4) is 0 Å². The van der Waals surface area contributed by atoms with Crippen molar-refractivity contribution in [1.82, 2.24) is 9.97 Å². The van der Waals surface area contributed by atoms with Crippen LogP contribution in [-0.2, 0) is 14.6 Å². The minimum atomic E-state index is -1.79. The van der Waals surface area contributed by atoms with E-state index in [-0.39, 0.29) is 22.8 Å². The fourth-order valence-electron chi connectivity index (χ4n) is 5.31. The number of fused-ring (bicyclic) bond motifs is 2. The molecule has 4 rings (SSSR count). The first kappa shape index (κ1) is 19.3. The van der Waals surface area contributed by atoms with E-state index < -0.39 is 13.7 Å². The SMILES string of the molecule is CC[Si](CC)(CC)O[C@]1(C)CCC[C@H]1N1C(=O)C2(CC2)c2cnc(Cl)nc21. The number of hydrogen-bond acceptors (Lipinski definition) is 4. The van der Waals surface area contributed by atoms with E-state index >= 15 is 0 Å². The minimum absolute atomic E-state index is 0.0335. The summed E-state index contributed by atoms with van der Waals surface area (Å²) in [6.45, 7) is 9.00. The van der Waals surface area contributed by atoms with Gasteiger partial charge in [-0.15, -0.1) is 0 Å². The van der Waals surface area contributed by atoms with E-state index in [0.29, 0.717) is 0 Å². The summed E-state index contributed by atoms with van der Waals surface area (Å²) in [7, 11) is -1.79. The smallest absolute Gasteiger partial charge is 0.239 e. The molecule has 0 bridgehead atoms. The number of nitrogens with zero attached hydrogens (tertiary/aromatic N) is 3. The largest absolute Gasteiger partial charge is 0.410 e. The molecule has 2 fully saturated rings. The van der Waals surface area contributed by atoms with Crippen molar-refractivity contribution in [2.75, 3.05) is 4.90 Å². The van der Waals surface area contributed by atoms with E-state index in [0.717, 1.165) is 61.6 Å². The van der Waals surface area contributed by atoms with Crippen molar-refractivity contribution in [3.63, 3.8) is 0 Å². The molecule has 3 aliphatic rings. The molecule has 2 heterocycles. The monoisotopic (exact) mass is 407 g/mol. The predicted octanol–water partition coefficient (Wildman–Crippen LogP) is 4.84. The Hall–Kier alpha value is -0.983. The molecule has 2 aliphatic carbocycles. The molecular weight excluding hydrogens is 378 g/mol. The lowest BCUT2D eigenvalue weighted by Gasteiger charge is -2.44. The summed E-state index contributed by atoms with van der Waals surface area (Å²) in [5.41, 5.74) is 0.271. The lowest BCUT2D eigenvalue weighted by molar-refractivity contribution is -0.121. The molecule has 1 aliphatic heterocycles. The van der Waals surface area contributed by atoms with Gasteiger partial charge in [-0.25, -0.2) is 4.98 Å². The molecule has 1 spiro atoms. The molecule has 0 unspecified atom stereocenters. The number of amides is 1. The van der Waals surface area contributed by atoms with Gasteiger partial charge in [0.25, 0.3) is 0 Å². The summed E-state index contributed by atoms with van der Waals surface area (Å²) in [5.74, 6) is 0.920. The van der Waals surface area contributed by atoms with Crippen molar-refractivity contribution >= 4 is 31.6 Å². The van der Waals surface area contributed by atoms with Crippen molar-refractivity contribution < 1.29 is 9.22 Å². The van der Waals surface area contributed by atoms with E-state index in [1.54, 1.807) is 6.20 Å². The van der Waals surface area contributed by atoms with Gasteiger partial charge in [-0.05, 0) is 68.8 Å². The zero-order chi connectivity index (χ0) is 19.4. The zero-order valence-electron chi connectivity index (χ0n) is 16.8. The van der Waals surface area contributed by atoms with Gasteiger partial charge in [-0.2, -0.15) is 4.98 Å². The molecule has 27 heavy (non-hydrogen) atoms. The third kappa shape index (κ3) is 2.78. The fourth-order valence-corrected chi connectivity index (χ4v) is 8.60. The van der Waals surface area contributed by atoms with E-state index in [9.17, 15) is 4.79 Å². The molecule has 0 N–H and O–H groups in total. The van der Waals surface area contributed by atoms with Crippen LogP contribution in [0.25, 0.3) is 0 Å². The normalized spacial score (nSPS) is 28.9. The maximum absolute atomic E-state index is 13.5. The standard InChI is InChI=1S/C20H30ClN3O2Si/c1-5-27(6-2,7-3)26-19(4)10-8-9-15(19)24-16-14(13-22-18(21)23-16)20(11-12-20)17(24)25/h13,15H,5-12H2,1-4H3/t15-,19-/m1/s1. The van der Waals surface area contributed by atoms with E-state index in [1.807, 2.05) is 4.90 Å². The molecule has 0 aromatic carbocycles. The molecule has 7 heteroatoms. The maximum Gasteiger partial charge on any atom is 0.239 e. The summed E-state index contributed by atoms with van der Waals surface area (Å²) in [5, 5.41) is 0.212. The van der Waals surface area contributed by atoms with Gasteiger partial charge >= 0.3 is 0 Å². The van der Waals surface area contributed by atoms with Gasteiger partial charge in [0.2, 0.25) is 11.2 Å². The number of hydrogen-bond donors (Lipinski definition) is 0. The van der Waals surface area contributed by atoms with Crippen LogP contribution in [0, 0.1) is 0 Å². The highest BCUT2D eigenvalue weighted by Crippen LogP contribution is 2.58. The number of aromatic nitrogens is 2. The van der Waals surface area contributed by atoms with Crippen LogP contribution in [-0.4, -0.2) is 35.8 Å². The van der Waals surface area contributed by atoms with Gasteiger partial charge in [0, 0.05) is 11.8 Å². The molecular formula is C20H30ClN3O2Si. The van der Waals surface area contributed by atoms with Gasteiger partial charge < -0.3 is 4.43 Å². The average Bonchev–Trinajstić information content (AvgIpc) is 3.34. The first-order valence-corrected chi connectivity index (χ1v) is 13.3. The molecule has 0 radical (unpaired) electrons. The van der Waals surface area contributed by atoms with Gasteiger partial charge in [-0.1, -0.05) is 20.8 Å². The van der Waals surface area contributed by atoms with Gasteiger partial charge in [-0.3, -0.25) is 9.69 Å². The fraction of sp³-hybridized carbons (Fsp3) is 0.750. The van der Waals surface area contributed by atoms with Gasteiger partial charge in [0.05, 0.1) is 17.1 Å². The van der Waals surface area contributed by atoms with Crippen LogP contribution in [0.2, 0.25) is 23.4 Å². The van der Waals surface area contributed by atoms with Crippen LogP contribution in [0.1, 0.15) is 65.4 Å². The third-order valence-corrected chi connectivity index (χ3v) is 12.4. The van der Waals surface area contributed by atoms with Crippen molar-refractivity contribution in [1.29, 1.82) is 0 Å². The molecule has 1 aromatic rings. The molecule has 0 saturated heterocycles. The Balaban J connectivity index is 1.72. The van der Waals surface area contributed by atoms with E-state index in [4.69, 9.17) is 16.0 Å². The summed E-state index contributed by atoms with van der Waals surface area (Å²) in [6.07, 6.45) is 6.59. The van der Waals surface area contributed by atoms with E-state index in [1.165, 1.54) is 0 Å². The number of anilines is 1. The number of halogens is 1. The van der Waals surface area contributed by atoms with Crippen LogP contribution >= 0.6 is 11.6 Å². The van der Waals surface area contributed by atoms with Crippen LogP contribution in [0.3, 0.4) is 0 Å². The van der Waals surface area contributed by atoms with Crippen LogP contribution in [0.15, 0.2) is 6.20 Å². The van der Waals surface area contributed by atoms with Crippen molar-refractivity contribution in [2.24, 2.45) is 0 Å². The number of rotatable bonds is 6. The number of carbonyl (C=O) groups excluding carboxylic acids is 1. The van der Waals surface area contributed by atoms with Crippen LogP contribution in [0.5, 0.6) is 0 Å². The highest BCUT2D eigenvalue weighted by atomic mass is 35.5. The van der Waals surface area contributed by atoms with Crippen LogP contribution in [0.4, 0.5) is 5.82 Å². The molecule has 1 amide bonds.